The van der Waals surface area contributed by atoms with Crippen LogP contribution in [0.3, 0.4) is 0 Å². The van der Waals surface area contributed by atoms with Crippen LogP contribution in [0, 0.1) is 0 Å². The van der Waals surface area contributed by atoms with Crippen LogP contribution in [0.4, 0.5) is 0 Å². The number of carboxylic acid groups (broad SMARTS) is 2. The molecule has 0 radical (unpaired) electrons. The van der Waals surface area contributed by atoms with E-state index < -0.39 is 11.9 Å². The smallest absolute Gasteiger partial charge is 0.328 e. The topological polar surface area (TPSA) is 139 Å². The van der Waals surface area contributed by atoms with E-state index in [1.807, 2.05) is 0 Å². The minimum atomic E-state index is -1.26. The van der Waals surface area contributed by atoms with Gasteiger partial charge in [-0.25, -0.2) is 9.59 Å². The highest BCUT2D eigenvalue weighted by molar-refractivity contribution is 5.89. The first-order valence-corrected chi connectivity index (χ1v) is 5.79. The maximum Gasteiger partial charge on any atom is 0.328 e. The molecule has 0 fully saturated rings. The first-order chi connectivity index (χ1) is 8.54. The molecular formula is C11H23N3O4. The molecule has 106 valence electrons. The summed E-state index contributed by atoms with van der Waals surface area (Å²) >= 11 is 0. The molecule has 0 aliphatic rings. The van der Waals surface area contributed by atoms with Crippen molar-refractivity contribution in [1.82, 2.24) is 5.32 Å². The molecule has 0 heterocycles. The van der Waals surface area contributed by atoms with Crippen molar-refractivity contribution in [2.75, 3.05) is 26.2 Å². The van der Waals surface area contributed by atoms with E-state index in [0.717, 1.165) is 39.0 Å². The maximum atomic E-state index is 9.55. The van der Waals surface area contributed by atoms with E-state index in [1.54, 1.807) is 0 Å². The summed E-state index contributed by atoms with van der Waals surface area (Å²) in [5.74, 6) is -2.51. The van der Waals surface area contributed by atoms with Crippen molar-refractivity contribution in [3.8, 4) is 0 Å². The molecule has 7 heteroatoms. The second-order valence-corrected chi connectivity index (χ2v) is 3.40. The van der Waals surface area contributed by atoms with Crippen molar-refractivity contribution in [1.29, 1.82) is 0 Å². The average Bonchev–Trinajstić information content (AvgIpc) is 2.32. The highest BCUT2D eigenvalue weighted by Crippen LogP contribution is 1.81. The summed E-state index contributed by atoms with van der Waals surface area (Å²) < 4.78 is 0. The van der Waals surface area contributed by atoms with Crippen LogP contribution in [0.15, 0.2) is 12.2 Å². The molecule has 0 rings (SSSR count). The van der Waals surface area contributed by atoms with E-state index in [1.165, 1.54) is 6.42 Å². The Morgan fingerprint density at radius 1 is 0.889 bits per heavy atom. The van der Waals surface area contributed by atoms with E-state index in [2.05, 4.69) is 5.32 Å². The van der Waals surface area contributed by atoms with Gasteiger partial charge in [-0.2, -0.15) is 0 Å². The predicted molar refractivity (Wildman–Crippen MR) is 69.2 cm³/mol. The van der Waals surface area contributed by atoms with E-state index in [-0.39, 0.29) is 0 Å². The van der Waals surface area contributed by atoms with Gasteiger partial charge in [0, 0.05) is 12.2 Å². The summed E-state index contributed by atoms with van der Waals surface area (Å²) in [6.07, 6.45) is 4.49. The summed E-state index contributed by atoms with van der Waals surface area (Å²) in [4.78, 5) is 19.1. The van der Waals surface area contributed by atoms with Gasteiger partial charge in [0.15, 0.2) is 0 Å². The minimum Gasteiger partial charge on any atom is -0.478 e. The largest absolute Gasteiger partial charge is 0.478 e. The van der Waals surface area contributed by atoms with Crippen LogP contribution in [0.2, 0.25) is 0 Å². The second-order valence-electron chi connectivity index (χ2n) is 3.40. The summed E-state index contributed by atoms with van der Waals surface area (Å²) in [6, 6.07) is 0. The van der Waals surface area contributed by atoms with Crippen LogP contribution in [0.1, 0.15) is 19.3 Å². The Hall–Kier alpha value is -1.44. The van der Waals surface area contributed by atoms with Gasteiger partial charge in [0.05, 0.1) is 0 Å². The maximum absolute atomic E-state index is 9.55. The molecule has 0 saturated carbocycles. The summed E-state index contributed by atoms with van der Waals surface area (Å²) in [6.45, 7) is 3.71. The Labute approximate surface area is 107 Å². The molecule has 0 bridgehead atoms. The van der Waals surface area contributed by atoms with Crippen molar-refractivity contribution in [2.24, 2.45) is 11.5 Å². The standard InChI is InChI=1S/C7H19N3.C4H4O4/c8-4-1-2-6-10-7-3-5-9;5-3(6)1-2-4(7)8/h10H,1-9H2;1-2H,(H,5,6)(H,7,8)/b;2-1+. The Balaban J connectivity index is 0. The summed E-state index contributed by atoms with van der Waals surface area (Å²) in [5.41, 5.74) is 10.6. The minimum absolute atomic E-state index is 0.558. The summed E-state index contributed by atoms with van der Waals surface area (Å²) in [7, 11) is 0. The zero-order valence-corrected chi connectivity index (χ0v) is 10.5. The van der Waals surface area contributed by atoms with Crippen molar-refractivity contribution in [2.45, 2.75) is 19.3 Å². The van der Waals surface area contributed by atoms with Gasteiger partial charge in [0.25, 0.3) is 0 Å². The van der Waals surface area contributed by atoms with Gasteiger partial charge in [-0.3, -0.25) is 0 Å². The van der Waals surface area contributed by atoms with E-state index >= 15 is 0 Å². The first kappa shape index (κ1) is 18.9. The van der Waals surface area contributed by atoms with Gasteiger partial charge in [0.2, 0.25) is 0 Å². The molecule has 0 unspecified atom stereocenters. The van der Waals surface area contributed by atoms with Crippen LogP contribution in [0.5, 0.6) is 0 Å². The van der Waals surface area contributed by atoms with Gasteiger partial charge in [-0.15, -0.1) is 0 Å². The van der Waals surface area contributed by atoms with Crippen LogP contribution >= 0.6 is 0 Å². The van der Waals surface area contributed by atoms with Crippen LogP contribution in [-0.2, 0) is 9.59 Å². The number of nitrogens with two attached hydrogens (primary N) is 2. The van der Waals surface area contributed by atoms with Crippen LogP contribution in [-0.4, -0.2) is 48.3 Å². The van der Waals surface area contributed by atoms with Crippen molar-refractivity contribution < 1.29 is 19.8 Å². The molecule has 18 heavy (non-hydrogen) atoms. The number of hydrogen-bond donors (Lipinski definition) is 5. The molecule has 0 aliphatic heterocycles. The van der Waals surface area contributed by atoms with Crippen molar-refractivity contribution in [3.05, 3.63) is 12.2 Å². The number of aliphatic carboxylic acids is 2. The molecule has 0 saturated heterocycles. The van der Waals surface area contributed by atoms with Crippen molar-refractivity contribution in [3.63, 3.8) is 0 Å². The first-order valence-electron chi connectivity index (χ1n) is 5.79. The van der Waals surface area contributed by atoms with Crippen molar-refractivity contribution >= 4 is 11.9 Å². The molecule has 0 aromatic rings. The molecule has 0 aromatic carbocycles. The molecule has 0 aromatic heterocycles. The lowest BCUT2D eigenvalue weighted by molar-refractivity contribution is -0.134. The Morgan fingerprint density at radius 3 is 1.72 bits per heavy atom. The number of nitrogens with one attached hydrogen (secondary N) is 1. The predicted octanol–water partition coefficient (Wildman–Crippen LogP) is -0.624. The molecule has 0 spiro atoms. The zero-order valence-electron chi connectivity index (χ0n) is 10.5. The quantitative estimate of drug-likeness (QED) is 0.275. The average molecular weight is 261 g/mol. The lowest BCUT2D eigenvalue weighted by Gasteiger charge is -2.01. The van der Waals surface area contributed by atoms with E-state index in [4.69, 9.17) is 21.7 Å². The van der Waals surface area contributed by atoms with Gasteiger partial charge in [-0.05, 0) is 45.4 Å². The second kappa shape index (κ2) is 15.6. The fraction of sp³-hybridized carbons (Fsp3) is 0.636. The number of unbranched alkanes of at least 4 members (excludes halogenated alkanes) is 1. The number of carbonyl (C=O) groups is 2. The molecule has 7 nitrogen and oxygen atoms in total. The monoisotopic (exact) mass is 261 g/mol. The van der Waals surface area contributed by atoms with Gasteiger partial charge < -0.3 is 27.0 Å². The normalized spacial score (nSPS) is 9.89. The SMILES string of the molecule is NCCCCNCCCN.O=C(O)/C=C/C(=O)O. The molecule has 7 N–H and O–H groups in total. The third-order valence-corrected chi connectivity index (χ3v) is 1.73. The Morgan fingerprint density at radius 2 is 1.33 bits per heavy atom. The molecule has 0 amide bonds. The van der Waals surface area contributed by atoms with E-state index in [9.17, 15) is 9.59 Å². The third-order valence-electron chi connectivity index (χ3n) is 1.73. The summed E-state index contributed by atoms with van der Waals surface area (Å²) in [5, 5.41) is 18.9. The Bertz CT molecular complexity index is 220. The lowest BCUT2D eigenvalue weighted by Crippen LogP contribution is -2.19. The molecule has 0 atom stereocenters. The number of carboxylic acids is 2. The van der Waals surface area contributed by atoms with E-state index in [0.29, 0.717) is 12.2 Å². The fourth-order valence-electron chi connectivity index (χ4n) is 0.889. The highest BCUT2D eigenvalue weighted by atomic mass is 16.4. The van der Waals surface area contributed by atoms with Gasteiger partial charge in [0.1, 0.15) is 0 Å². The lowest BCUT2D eigenvalue weighted by atomic mass is 10.3. The third kappa shape index (κ3) is 24.0. The van der Waals surface area contributed by atoms with Crippen LogP contribution in [0.25, 0.3) is 0 Å². The fourth-order valence-corrected chi connectivity index (χ4v) is 0.889. The number of hydrogen-bond acceptors (Lipinski definition) is 5. The molecular weight excluding hydrogens is 238 g/mol. The zero-order chi connectivity index (χ0) is 14.2. The molecule has 0 aliphatic carbocycles. The van der Waals surface area contributed by atoms with Gasteiger partial charge >= 0.3 is 11.9 Å². The highest BCUT2D eigenvalue weighted by Gasteiger charge is 1.88. The number of rotatable bonds is 9. The Kier molecular flexibility index (Phi) is 16.3. The van der Waals surface area contributed by atoms with Crippen LogP contribution < -0.4 is 16.8 Å². The van der Waals surface area contributed by atoms with Gasteiger partial charge in [-0.1, -0.05) is 0 Å².